The summed E-state index contributed by atoms with van der Waals surface area (Å²) in [5, 5.41) is 13.5. The number of nitrogens with one attached hydrogen (secondary N) is 1. The van der Waals surface area contributed by atoms with Gasteiger partial charge in [0.1, 0.15) is 6.04 Å². The van der Waals surface area contributed by atoms with Crippen LogP contribution in [0.25, 0.3) is 0 Å². The highest BCUT2D eigenvalue weighted by Crippen LogP contribution is 2.21. The number of amides is 2. The molecule has 8 nitrogen and oxygen atoms in total. The lowest BCUT2D eigenvalue weighted by Gasteiger charge is -2.20. The Bertz CT molecular complexity index is 559. The minimum Gasteiger partial charge on any atom is -0.480 e. The molecule has 21 heavy (non-hydrogen) atoms. The Hall–Kier alpha value is -2.16. The normalized spacial score (nSPS) is 17.6. The quantitative estimate of drug-likeness (QED) is 0.856. The second kappa shape index (κ2) is 6.53. The first kappa shape index (κ1) is 15.2. The number of thiazole rings is 1. The molecular formula is C12H15N3O5S. The van der Waals surface area contributed by atoms with E-state index in [2.05, 4.69) is 15.0 Å². The zero-order valence-corrected chi connectivity index (χ0v) is 12.2. The standard InChI is InChI=1S/C12H15N3O5S/c1-20-12(19)14-11-13-7(6-21-11)5-9(16)15-4-2-3-8(15)10(17)18/h6,8H,2-5H2,1H3,(H,17,18)(H,13,14,19). The average Bonchev–Trinajstić information content (AvgIpc) is 3.07. The van der Waals surface area contributed by atoms with Crippen LogP contribution in [0, 0.1) is 0 Å². The molecule has 0 saturated carbocycles. The van der Waals surface area contributed by atoms with E-state index in [4.69, 9.17) is 5.11 Å². The van der Waals surface area contributed by atoms with Crippen molar-refractivity contribution in [2.75, 3.05) is 19.0 Å². The maximum Gasteiger partial charge on any atom is 0.413 e. The highest BCUT2D eigenvalue weighted by molar-refractivity contribution is 7.13. The lowest BCUT2D eigenvalue weighted by Crippen LogP contribution is -2.41. The smallest absolute Gasteiger partial charge is 0.413 e. The van der Waals surface area contributed by atoms with Gasteiger partial charge < -0.3 is 14.7 Å². The number of aliphatic carboxylic acids is 1. The van der Waals surface area contributed by atoms with Crippen molar-refractivity contribution in [3.8, 4) is 0 Å². The summed E-state index contributed by atoms with van der Waals surface area (Å²) in [7, 11) is 1.24. The van der Waals surface area contributed by atoms with Gasteiger partial charge in [0, 0.05) is 11.9 Å². The molecule has 114 valence electrons. The van der Waals surface area contributed by atoms with Gasteiger partial charge in [0.15, 0.2) is 5.13 Å². The van der Waals surface area contributed by atoms with E-state index in [0.717, 1.165) is 0 Å². The van der Waals surface area contributed by atoms with Crippen LogP contribution in [0.15, 0.2) is 5.38 Å². The Balaban J connectivity index is 1.96. The second-order valence-corrected chi connectivity index (χ2v) is 5.38. The van der Waals surface area contributed by atoms with Crippen LogP contribution < -0.4 is 5.32 Å². The molecule has 1 atom stereocenters. The number of carboxylic acid groups (broad SMARTS) is 1. The lowest BCUT2D eigenvalue weighted by atomic mass is 10.2. The first-order valence-corrected chi connectivity index (χ1v) is 7.21. The fraction of sp³-hybridized carbons (Fsp3) is 0.500. The molecule has 0 bridgehead atoms. The van der Waals surface area contributed by atoms with Gasteiger partial charge in [0.05, 0.1) is 19.2 Å². The second-order valence-electron chi connectivity index (χ2n) is 4.52. The summed E-state index contributed by atoms with van der Waals surface area (Å²) in [4.78, 5) is 39.7. The zero-order chi connectivity index (χ0) is 15.4. The topological polar surface area (TPSA) is 109 Å². The predicted molar refractivity (Wildman–Crippen MR) is 74.2 cm³/mol. The number of ether oxygens (including phenoxy) is 1. The largest absolute Gasteiger partial charge is 0.480 e. The van der Waals surface area contributed by atoms with Crippen molar-refractivity contribution in [2.45, 2.75) is 25.3 Å². The number of methoxy groups -OCH3 is 1. The summed E-state index contributed by atoms with van der Waals surface area (Å²) in [6.45, 7) is 0.452. The van der Waals surface area contributed by atoms with Crippen LogP contribution in [0.4, 0.5) is 9.93 Å². The van der Waals surface area contributed by atoms with Crippen molar-refractivity contribution in [2.24, 2.45) is 0 Å². The Kier molecular flexibility index (Phi) is 4.73. The number of carbonyl (C=O) groups is 3. The Morgan fingerprint density at radius 1 is 1.57 bits per heavy atom. The minimum absolute atomic E-state index is 0.0170. The van der Waals surface area contributed by atoms with E-state index in [1.54, 1.807) is 5.38 Å². The molecule has 1 aromatic rings. The number of nitrogens with zero attached hydrogens (tertiary/aromatic N) is 2. The Morgan fingerprint density at radius 3 is 3.00 bits per heavy atom. The number of hydrogen-bond donors (Lipinski definition) is 2. The Morgan fingerprint density at radius 2 is 2.33 bits per heavy atom. The number of hydrogen-bond acceptors (Lipinski definition) is 6. The third-order valence-electron chi connectivity index (χ3n) is 3.14. The molecule has 1 aliphatic heterocycles. The molecule has 2 rings (SSSR count). The van der Waals surface area contributed by atoms with Gasteiger partial charge in [-0.15, -0.1) is 11.3 Å². The molecule has 2 amide bonds. The first-order chi connectivity index (χ1) is 10.0. The number of likely N-dealkylation sites (tertiary alicyclic amines) is 1. The summed E-state index contributed by atoms with van der Waals surface area (Å²) in [5.41, 5.74) is 0.493. The van der Waals surface area contributed by atoms with Gasteiger partial charge in [-0.05, 0) is 12.8 Å². The number of anilines is 1. The molecule has 0 spiro atoms. The summed E-state index contributed by atoms with van der Waals surface area (Å²) >= 11 is 1.17. The fourth-order valence-electron chi connectivity index (χ4n) is 2.16. The van der Waals surface area contributed by atoms with Crippen molar-refractivity contribution in [3.63, 3.8) is 0 Å². The molecule has 0 aliphatic carbocycles. The highest BCUT2D eigenvalue weighted by Gasteiger charge is 2.33. The van der Waals surface area contributed by atoms with Crippen LogP contribution in [0.3, 0.4) is 0 Å². The third-order valence-corrected chi connectivity index (χ3v) is 3.94. The third kappa shape index (κ3) is 3.69. The minimum atomic E-state index is -0.979. The van der Waals surface area contributed by atoms with Gasteiger partial charge in [0.2, 0.25) is 5.91 Å². The predicted octanol–water partition coefficient (Wildman–Crippen LogP) is 0.939. The number of carboxylic acids is 1. The summed E-state index contributed by atoms with van der Waals surface area (Å²) in [5.74, 6) is -1.25. The van der Waals surface area contributed by atoms with Crippen molar-refractivity contribution in [3.05, 3.63) is 11.1 Å². The molecule has 1 aliphatic rings. The van der Waals surface area contributed by atoms with Crippen LogP contribution in [0.1, 0.15) is 18.5 Å². The molecule has 2 heterocycles. The lowest BCUT2D eigenvalue weighted by molar-refractivity contribution is -0.148. The molecule has 9 heteroatoms. The maximum absolute atomic E-state index is 12.1. The summed E-state index contributed by atoms with van der Waals surface area (Å²) in [6.07, 6.45) is 0.554. The van der Waals surface area contributed by atoms with Crippen LogP contribution in [0.2, 0.25) is 0 Å². The first-order valence-electron chi connectivity index (χ1n) is 6.33. The molecule has 1 saturated heterocycles. The van der Waals surface area contributed by atoms with E-state index < -0.39 is 18.1 Å². The molecule has 2 N–H and O–H groups in total. The van der Waals surface area contributed by atoms with Gasteiger partial charge >= 0.3 is 12.1 Å². The monoisotopic (exact) mass is 313 g/mol. The van der Waals surface area contributed by atoms with Gasteiger partial charge in [-0.3, -0.25) is 10.1 Å². The van der Waals surface area contributed by atoms with Gasteiger partial charge in [0.25, 0.3) is 0 Å². The SMILES string of the molecule is COC(=O)Nc1nc(CC(=O)N2CCCC2C(=O)O)cs1. The molecule has 1 aromatic heterocycles. The molecular weight excluding hydrogens is 298 g/mol. The molecule has 0 radical (unpaired) electrons. The number of carbonyl (C=O) groups excluding carboxylic acids is 2. The fourth-order valence-corrected chi connectivity index (χ4v) is 2.86. The van der Waals surface area contributed by atoms with Crippen molar-refractivity contribution in [1.29, 1.82) is 0 Å². The van der Waals surface area contributed by atoms with Crippen molar-refractivity contribution < 1.29 is 24.2 Å². The summed E-state index contributed by atoms with van der Waals surface area (Å²) < 4.78 is 4.44. The van der Waals surface area contributed by atoms with E-state index in [1.165, 1.54) is 23.3 Å². The van der Waals surface area contributed by atoms with E-state index >= 15 is 0 Å². The molecule has 1 unspecified atom stereocenters. The van der Waals surface area contributed by atoms with E-state index in [9.17, 15) is 14.4 Å². The van der Waals surface area contributed by atoms with Crippen LogP contribution in [-0.2, 0) is 20.7 Å². The maximum atomic E-state index is 12.1. The van der Waals surface area contributed by atoms with Crippen LogP contribution in [0.5, 0.6) is 0 Å². The molecule has 0 aromatic carbocycles. The van der Waals surface area contributed by atoms with Gasteiger partial charge in [-0.2, -0.15) is 0 Å². The van der Waals surface area contributed by atoms with Crippen LogP contribution >= 0.6 is 11.3 Å². The van der Waals surface area contributed by atoms with E-state index in [1.807, 2.05) is 0 Å². The number of rotatable bonds is 4. The van der Waals surface area contributed by atoms with Gasteiger partial charge in [-0.1, -0.05) is 0 Å². The number of aromatic nitrogens is 1. The van der Waals surface area contributed by atoms with Gasteiger partial charge in [-0.25, -0.2) is 14.6 Å². The average molecular weight is 313 g/mol. The van der Waals surface area contributed by atoms with Crippen molar-refractivity contribution in [1.82, 2.24) is 9.88 Å². The molecule has 1 fully saturated rings. The summed E-state index contributed by atoms with van der Waals surface area (Å²) in [6, 6.07) is -0.746. The van der Waals surface area contributed by atoms with E-state index in [-0.39, 0.29) is 12.3 Å². The van der Waals surface area contributed by atoms with Crippen LogP contribution in [-0.4, -0.2) is 52.7 Å². The Labute approximate surface area is 124 Å². The highest BCUT2D eigenvalue weighted by atomic mass is 32.1. The zero-order valence-electron chi connectivity index (χ0n) is 11.4. The van der Waals surface area contributed by atoms with Crippen molar-refractivity contribution >= 4 is 34.4 Å². The van der Waals surface area contributed by atoms with E-state index in [0.29, 0.717) is 30.2 Å².